The fraction of sp³-hybridized carbons (Fsp3) is 0.714. The number of nitrogens with zero attached hydrogens (tertiary/aromatic N) is 3. The molecule has 0 spiro atoms. The van der Waals surface area contributed by atoms with E-state index in [2.05, 4.69) is 21.4 Å². The molecule has 0 radical (unpaired) electrons. The van der Waals surface area contributed by atoms with Gasteiger partial charge in [-0.15, -0.1) is 0 Å². The highest BCUT2D eigenvalue weighted by Gasteiger charge is 2.23. The average Bonchev–Trinajstić information content (AvgIpc) is 2.77. The zero-order valence-corrected chi connectivity index (χ0v) is 11.4. The van der Waals surface area contributed by atoms with Crippen LogP contribution in [0.25, 0.3) is 0 Å². The van der Waals surface area contributed by atoms with Crippen LogP contribution in [0.15, 0.2) is 12.5 Å². The van der Waals surface area contributed by atoms with Gasteiger partial charge in [-0.3, -0.25) is 9.69 Å². The SMILES string of the molecule is CCCn1cncc1CN1CCCC(C(C)=O)C1. The van der Waals surface area contributed by atoms with Crippen molar-refractivity contribution in [3.05, 3.63) is 18.2 Å². The first kappa shape index (κ1) is 13.3. The maximum absolute atomic E-state index is 11.5. The summed E-state index contributed by atoms with van der Waals surface area (Å²) < 4.78 is 2.22. The molecule has 1 aliphatic rings. The van der Waals surface area contributed by atoms with E-state index in [0.29, 0.717) is 5.78 Å². The molecule has 2 heterocycles. The van der Waals surface area contributed by atoms with Crippen LogP contribution in [0.3, 0.4) is 0 Å². The van der Waals surface area contributed by atoms with Crippen molar-refractivity contribution < 1.29 is 4.79 Å². The molecule has 100 valence electrons. The maximum atomic E-state index is 11.5. The van der Waals surface area contributed by atoms with Crippen molar-refractivity contribution in [3.63, 3.8) is 0 Å². The van der Waals surface area contributed by atoms with Crippen LogP contribution in [-0.4, -0.2) is 33.3 Å². The lowest BCUT2D eigenvalue weighted by Gasteiger charge is -2.31. The molecule has 0 aromatic carbocycles. The first-order valence-corrected chi connectivity index (χ1v) is 6.92. The first-order chi connectivity index (χ1) is 8.70. The van der Waals surface area contributed by atoms with E-state index in [0.717, 1.165) is 45.4 Å². The van der Waals surface area contributed by atoms with Gasteiger partial charge in [0.2, 0.25) is 0 Å². The predicted octanol–water partition coefficient (Wildman–Crippen LogP) is 2.09. The molecule has 0 amide bonds. The summed E-state index contributed by atoms with van der Waals surface area (Å²) in [6.45, 7) is 7.85. The highest BCUT2D eigenvalue weighted by molar-refractivity contribution is 5.78. The molecule has 1 fully saturated rings. The second kappa shape index (κ2) is 6.14. The topological polar surface area (TPSA) is 38.1 Å². The van der Waals surface area contributed by atoms with Crippen molar-refractivity contribution in [1.29, 1.82) is 0 Å². The summed E-state index contributed by atoms with van der Waals surface area (Å²) >= 11 is 0. The molecule has 0 N–H and O–H groups in total. The second-order valence-corrected chi connectivity index (χ2v) is 5.26. The zero-order valence-electron chi connectivity index (χ0n) is 11.4. The Labute approximate surface area is 109 Å². The van der Waals surface area contributed by atoms with Gasteiger partial charge in [0.1, 0.15) is 5.78 Å². The van der Waals surface area contributed by atoms with Gasteiger partial charge in [0.25, 0.3) is 0 Å². The van der Waals surface area contributed by atoms with Gasteiger partial charge >= 0.3 is 0 Å². The number of aryl methyl sites for hydroxylation is 1. The molecule has 0 aliphatic carbocycles. The number of rotatable bonds is 5. The molecular formula is C14H23N3O. The molecule has 1 atom stereocenters. The van der Waals surface area contributed by atoms with Gasteiger partial charge in [0.05, 0.1) is 12.0 Å². The van der Waals surface area contributed by atoms with Crippen LogP contribution in [0.2, 0.25) is 0 Å². The Hall–Kier alpha value is -1.16. The first-order valence-electron chi connectivity index (χ1n) is 6.92. The fourth-order valence-electron chi connectivity index (χ4n) is 2.68. The number of Topliss-reactive ketones (excluding diaryl/α,β-unsaturated/α-hetero) is 1. The van der Waals surface area contributed by atoms with Gasteiger partial charge in [0.15, 0.2) is 0 Å². The van der Waals surface area contributed by atoms with E-state index in [1.54, 1.807) is 6.92 Å². The van der Waals surface area contributed by atoms with Crippen LogP contribution in [0, 0.1) is 5.92 Å². The van der Waals surface area contributed by atoms with Crippen LogP contribution < -0.4 is 0 Å². The van der Waals surface area contributed by atoms with Gasteiger partial charge < -0.3 is 4.57 Å². The Kier molecular flexibility index (Phi) is 4.53. The minimum Gasteiger partial charge on any atom is -0.333 e. The Bertz CT molecular complexity index is 399. The van der Waals surface area contributed by atoms with Crippen molar-refractivity contribution in [2.75, 3.05) is 13.1 Å². The Morgan fingerprint density at radius 2 is 2.39 bits per heavy atom. The summed E-state index contributed by atoms with van der Waals surface area (Å²) in [6, 6.07) is 0. The van der Waals surface area contributed by atoms with Gasteiger partial charge in [-0.1, -0.05) is 6.92 Å². The van der Waals surface area contributed by atoms with Crippen LogP contribution >= 0.6 is 0 Å². The highest BCUT2D eigenvalue weighted by atomic mass is 16.1. The van der Waals surface area contributed by atoms with E-state index >= 15 is 0 Å². The van der Waals surface area contributed by atoms with Crippen LogP contribution in [0.4, 0.5) is 0 Å². The van der Waals surface area contributed by atoms with Crippen molar-refractivity contribution in [3.8, 4) is 0 Å². The molecule has 1 aromatic heterocycles. The van der Waals surface area contributed by atoms with E-state index in [-0.39, 0.29) is 5.92 Å². The summed E-state index contributed by atoms with van der Waals surface area (Å²) in [7, 11) is 0. The summed E-state index contributed by atoms with van der Waals surface area (Å²) in [4.78, 5) is 18.1. The maximum Gasteiger partial charge on any atom is 0.134 e. The lowest BCUT2D eigenvalue weighted by atomic mass is 9.94. The monoisotopic (exact) mass is 249 g/mol. The molecule has 1 aromatic rings. The fourth-order valence-corrected chi connectivity index (χ4v) is 2.68. The summed E-state index contributed by atoms with van der Waals surface area (Å²) in [6.07, 6.45) is 7.17. The number of carbonyl (C=O) groups excluding carboxylic acids is 1. The Morgan fingerprint density at radius 3 is 3.11 bits per heavy atom. The number of imidazole rings is 1. The van der Waals surface area contributed by atoms with Crippen molar-refractivity contribution in [2.24, 2.45) is 5.92 Å². The summed E-state index contributed by atoms with van der Waals surface area (Å²) in [5.74, 6) is 0.572. The Balaban J connectivity index is 1.96. The molecule has 2 rings (SSSR count). The standard InChI is InChI=1S/C14H23N3O/c1-3-6-17-11-15-8-14(17)10-16-7-4-5-13(9-16)12(2)18/h8,11,13H,3-7,9-10H2,1-2H3. The lowest BCUT2D eigenvalue weighted by molar-refractivity contribution is -0.122. The van der Waals surface area contributed by atoms with E-state index in [4.69, 9.17) is 0 Å². The second-order valence-electron chi connectivity index (χ2n) is 5.26. The zero-order chi connectivity index (χ0) is 13.0. The number of carbonyl (C=O) groups is 1. The quantitative estimate of drug-likeness (QED) is 0.802. The van der Waals surface area contributed by atoms with Crippen LogP contribution in [0.5, 0.6) is 0 Å². The van der Waals surface area contributed by atoms with E-state index in [1.165, 1.54) is 5.69 Å². The molecule has 18 heavy (non-hydrogen) atoms. The molecule has 0 saturated carbocycles. The number of likely N-dealkylation sites (tertiary alicyclic amines) is 1. The smallest absolute Gasteiger partial charge is 0.134 e. The van der Waals surface area contributed by atoms with Gasteiger partial charge in [-0.2, -0.15) is 0 Å². The van der Waals surface area contributed by atoms with Crippen molar-refractivity contribution in [1.82, 2.24) is 14.5 Å². The Morgan fingerprint density at radius 1 is 1.56 bits per heavy atom. The third-order valence-electron chi connectivity index (χ3n) is 3.73. The highest BCUT2D eigenvalue weighted by Crippen LogP contribution is 2.19. The molecule has 4 nitrogen and oxygen atoms in total. The minimum atomic E-state index is 0.237. The largest absolute Gasteiger partial charge is 0.333 e. The van der Waals surface area contributed by atoms with Crippen LogP contribution in [0.1, 0.15) is 38.8 Å². The van der Waals surface area contributed by atoms with Crippen LogP contribution in [-0.2, 0) is 17.9 Å². The van der Waals surface area contributed by atoms with Gasteiger partial charge in [0, 0.05) is 31.7 Å². The summed E-state index contributed by atoms with van der Waals surface area (Å²) in [5, 5.41) is 0. The predicted molar refractivity (Wildman–Crippen MR) is 71.2 cm³/mol. The molecule has 0 bridgehead atoms. The molecule has 1 saturated heterocycles. The minimum absolute atomic E-state index is 0.237. The number of ketones is 1. The normalized spacial score (nSPS) is 21.1. The van der Waals surface area contributed by atoms with Crippen molar-refractivity contribution >= 4 is 5.78 Å². The molecular weight excluding hydrogens is 226 g/mol. The number of piperidine rings is 1. The number of hydrogen-bond acceptors (Lipinski definition) is 3. The molecule has 4 heteroatoms. The number of aromatic nitrogens is 2. The van der Waals surface area contributed by atoms with E-state index in [9.17, 15) is 4.79 Å². The van der Waals surface area contributed by atoms with E-state index < -0.39 is 0 Å². The molecule has 1 unspecified atom stereocenters. The summed E-state index contributed by atoms with van der Waals surface area (Å²) in [5.41, 5.74) is 1.26. The number of hydrogen-bond donors (Lipinski definition) is 0. The average molecular weight is 249 g/mol. The lowest BCUT2D eigenvalue weighted by Crippen LogP contribution is -2.37. The van der Waals surface area contributed by atoms with Gasteiger partial charge in [-0.25, -0.2) is 4.98 Å². The van der Waals surface area contributed by atoms with E-state index in [1.807, 2.05) is 12.5 Å². The third kappa shape index (κ3) is 3.19. The van der Waals surface area contributed by atoms with Gasteiger partial charge in [-0.05, 0) is 32.7 Å². The molecule has 1 aliphatic heterocycles. The third-order valence-corrected chi connectivity index (χ3v) is 3.73. The van der Waals surface area contributed by atoms with Crippen molar-refractivity contribution in [2.45, 2.75) is 46.2 Å².